The summed E-state index contributed by atoms with van der Waals surface area (Å²) in [5.74, 6) is 0.282. The first-order valence-electron chi connectivity index (χ1n) is 8.51. The van der Waals surface area contributed by atoms with Crippen LogP contribution in [-0.2, 0) is 4.79 Å². The van der Waals surface area contributed by atoms with E-state index < -0.39 is 0 Å². The molecule has 0 saturated carbocycles. The minimum absolute atomic E-state index is 0.246. The third kappa shape index (κ3) is 4.23. The summed E-state index contributed by atoms with van der Waals surface area (Å²) in [7, 11) is 0. The number of hydrogen-bond acceptors (Lipinski definition) is 4. The Kier molecular flexibility index (Phi) is 5.35. The molecular weight excluding hydrogens is 345 g/mol. The van der Waals surface area contributed by atoms with Crippen LogP contribution in [0.2, 0.25) is 0 Å². The molecule has 138 valence electrons. The van der Waals surface area contributed by atoms with Gasteiger partial charge in [0, 0.05) is 11.6 Å². The standard InChI is InChI=1S/C21H20FN3O2/c1-13(24-19(26)11-10-15-6-3-4-9-18(15)22)16-7-5-8-17(12-16)20-14(2)27-25-21(20)23/h3-13H,1-2H3,(H2,23,25)(H,24,26)/b11-10+. The number of aryl methyl sites for hydroxylation is 1. The number of carbonyl (C=O) groups excluding carboxylic acids is 1. The molecule has 0 aliphatic rings. The molecule has 5 nitrogen and oxygen atoms in total. The highest BCUT2D eigenvalue weighted by atomic mass is 19.1. The SMILES string of the molecule is Cc1onc(N)c1-c1cccc(C(C)NC(=O)/C=C/c2ccccc2F)c1. The van der Waals surface area contributed by atoms with E-state index in [1.54, 1.807) is 25.1 Å². The van der Waals surface area contributed by atoms with Gasteiger partial charge in [0.1, 0.15) is 11.6 Å². The molecule has 2 aromatic carbocycles. The van der Waals surface area contributed by atoms with Crippen molar-refractivity contribution in [2.45, 2.75) is 19.9 Å². The highest BCUT2D eigenvalue weighted by Crippen LogP contribution is 2.30. The van der Waals surface area contributed by atoms with Crippen LogP contribution < -0.4 is 11.1 Å². The van der Waals surface area contributed by atoms with Crippen LogP contribution in [0, 0.1) is 12.7 Å². The first-order chi connectivity index (χ1) is 13.0. The molecule has 3 aromatic rings. The fraction of sp³-hybridized carbons (Fsp3) is 0.143. The predicted octanol–water partition coefficient (Wildman–Crippen LogP) is 4.26. The number of hydrogen-bond donors (Lipinski definition) is 2. The molecule has 0 radical (unpaired) electrons. The zero-order chi connectivity index (χ0) is 19.4. The first-order valence-corrected chi connectivity index (χ1v) is 8.51. The molecule has 6 heteroatoms. The van der Waals surface area contributed by atoms with Gasteiger partial charge in [-0.3, -0.25) is 4.79 Å². The lowest BCUT2D eigenvalue weighted by atomic mass is 10.00. The summed E-state index contributed by atoms with van der Waals surface area (Å²) in [4.78, 5) is 12.2. The molecule has 27 heavy (non-hydrogen) atoms. The summed E-state index contributed by atoms with van der Waals surface area (Å²) in [6, 6.07) is 13.7. The Hall–Kier alpha value is -3.41. The lowest BCUT2D eigenvalue weighted by Gasteiger charge is -2.14. The molecule has 0 aliphatic heterocycles. The van der Waals surface area contributed by atoms with Gasteiger partial charge in [-0.2, -0.15) is 0 Å². The summed E-state index contributed by atoms with van der Waals surface area (Å²) in [6.45, 7) is 3.67. The van der Waals surface area contributed by atoms with Crippen molar-refractivity contribution < 1.29 is 13.7 Å². The monoisotopic (exact) mass is 365 g/mol. The second-order valence-corrected chi connectivity index (χ2v) is 6.21. The third-order valence-corrected chi connectivity index (χ3v) is 4.24. The van der Waals surface area contributed by atoms with Gasteiger partial charge in [0.05, 0.1) is 11.6 Å². The Morgan fingerprint density at radius 3 is 2.74 bits per heavy atom. The maximum Gasteiger partial charge on any atom is 0.244 e. The molecule has 1 aromatic heterocycles. The van der Waals surface area contributed by atoms with Gasteiger partial charge >= 0.3 is 0 Å². The van der Waals surface area contributed by atoms with Crippen LogP contribution in [0.4, 0.5) is 10.2 Å². The molecule has 1 amide bonds. The Balaban J connectivity index is 1.73. The number of halogens is 1. The van der Waals surface area contributed by atoms with E-state index >= 15 is 0 Å². The quantitative estimate of drug-likeness (QED) is 0.662. The molecule has 1 unspecified atom stereocenters. The number of rotatable bonds is 5. The Morgan fingerprint density at radius 2 is 2.04 bits per heavy atom. The average molecular weight is 365 g/mol. The Morgan fingerprint density at radius 1 is 1.26 bits per heavy atom. The average Bonchev–Trinajstić information content (AvgIpc) is 2.99. The van der Waals surface area contributed by atoms with Gasteiger partial charge in [-0.05, 0) is 43.2 Å². The molecule has 0 spiro atoms. The first kappa shape index (κ1) is 18.4. The number of nitrogens with zero attached hydrogens (tertiary/aromatic N) is 1. The fourth-order valence-electron chi connectivity index (χ4n) is 2.82. The van der Waals surface area contributed by atoms with Gasteiger partial charge < -0.3 is 15.6 Å². The second-order valence-electron chi connectivity index (χ2n) is 6.21. The summed E-state index contributed by atoms with van der Waals surface area (Å²) < 4.78 is 18.7. The van der Waals surface area contributed by atoms with Crippen molar-refractivity contribution in [2.75, 3.05) is 5.73 Å². The van der Waals surface area contributed by atoms with E-state index in [1.807, 2.05) is 31.2 Å². The lowest BCUT2D eigenvalue weighted by molar-refractivity contribution is -0.117. The van der Waals surface area contributed by atoms with E-state index in [4.69, 9.17) is 10.3 Å². The number of nitrogens with two attached hydrogens (primary N) is 1. The molecule has 0 saturated heterocycles. The van der Waals surface area contributed by atoms with Crippen molar-refractivity contribution in [2.24, 2.45) is 0 Å². The van der Waals surface area contributed by atoms with Crippen molar-refractivity contribution in [3.05, 3.63) is 77.3 Å². The molecule has 0 aliphatic carbocycles. The summed E-state index contributed by atoms with van der Waals surface area (Å²) in [5, 5.41) is 6.64. The largest absolute Gasteiger partial charge is 0.380 e. The van der Waals surface area contributed by atoms with E-state index in [1.165, 1.54) is 18.2 Å². The van der Waals surface area contributed by atoms with Crippen LogP contribution in [0.5, 0.6) is 0 Å². The zero-order valence-corrected chi connectivity index (χ0v) is 15.1. The fourth-order valence-corrected chi connectivity index (χ4v) is 2.82. The molecule has 0 bridgehead atoms. The lowest BCUT2D eigenvalue weighted by Crippen LogP contribution is -2.24. The summed E-state index contributed by atoms with van der Waals surface area (Å²) in [6.07, 6.45) is 2.77. The van der Waals surface area contributed by atoms with Crippen LogP contribution >= 0.6 is 0 Å². The molecular formula is C21H20FN3O2. The van der Waals surface area contributed by atoms with Gasteiger partial charge in [0.15, 0.2) is 5.82 Å². The van der Waals surface area contributed by atoms with Gasteiger partial charge in [0.2, 0.25) is 5.91 Å². The van der Waals surface area contributed by atoms with Gasteiger partial charge in [-0.25, -0.2) is 4.39 Å². The minimum atomic E-state index is -0.371. The van der Waals surface area contributed by atoms with Crippen molar-refractivity contribution in [1.29, 1.82) is 0 Å². The molecule has 1 atom stereocenters. The zero-order valence-electron chi connectivity index (χ0n) is 15.1. The number of aromatic nitrogens is 1. The van der Waals surface area contributed by atoms with E-state index in [0.29, 0.717) is 17.1 Å². The maximum atomic E-state index is 13.6. The highest BCUT2D eigenvalue weighted by Gasteiger charge is 2.14. The maximum absolute atomic E-state index is 13.6. The minimum Gasteiger partial charge on any atom is -0.380 e. The Labute approximate surface area is 156 Å². The summed E-state index contributed by atoms with van der Waals surface area (Å²) >= 11 is 0. The number of nitrogens with one attached hydrogen (secondary N) is 1. The van der Waals surface area contributed by atoms with Gasteiger partial charge in [0.25, 0.3) is 0 Å². The van der Waals surface area contributed by atoms with Crippen LogP contribution in [-0.4, -0.2) is 11.1 Å². The van der Waals surface area contributed by atoms with Crippen LogP contribution in [0.3, 0.4) is 0 Å². The smallest absolute Gasteiger partial charge is 0.244 e. The molecule has 3 rings (SSSR count). The van der Waals surface area contributed by atoms with Crippen molar-refractivity contribution in [3.63, 3.8) is 0 Å². The number of amides is 1. The number of benzene rings is 2. The van der Waals surface area contributed by atoms with E-state index in [-0.39, 0.29) is 17.8 Å². The number of anilines is 1. The number of carbonyl (C=O) groups is 1. The van der Waals surface area contributed by atoms with Gasteiger partial charge in [-0.15, -0.1) is 0 Å². The van der Waals surface area contributed by atoms with Crippen LogP contribution in [0.15, 0.2) is 59.1 Å². The molecule has 0 fully saturated rings. The van der Waals surface area contributed by atoms with E-state index in [0.717, 1.165) is 16.7 Å². The Bertz CT molecular complexity index is 975. The van der Waals surface area contributed by atoms with Crippen molar-refractivity contribution >= 4 is 17.8 Å². The normalized spacial score (nSPS) is 12.3. The van der Waals surface area contributed by atoms with Crippen molar-refractivity contribution in [1.82, 2.24) is 10.5 Å². The summed E-state index contributed by atoms with van der Waals surface area (Å²) in [5.41, 5.74) is 8.75. The van der Waals surface area contributed by atoms with Crippen LogP contribution in [0.25, 0.3) is 17.2 Å². The topological polar surface area (TPSA) is 81.2 Å². The number of nitrogen functional groups attached to an aromatic ring is 1. The van der Waals surface area contributed by atoms with E-state index in [9.17, 15) is 9.18 Å². The molecule has 1 heterocycles. The molecule has 3 N–H and O–H groups in total. The van der Waals surface area contributed by atoms with Crippen molar-refractivity contribution in [3.8, 4) is 11.1 Å². The highest BCUT2D eigenvalue weighted by molar-refractivity contribution is 5.92. The third-order valence-electron chi connectivity index (χ3n) is 4.24. The predicted molar refractivity (Wildman–Crippen MR) is 103 cm³/mol. The second kappa shape index (κ2) is 7.86. The van der Waals surface area contributed by atoms with Gasteiger partial charge in [-0.1, -0.05) is 41.6 Å². The van der Waals surface area contributed by atoms with E-state index in [2.05, 4.69) is 10.5 Å². The van der Waals surface area contributed by atoms with Crippen LogP contribution in [0.1, 0.15) is 29.9 Å².